The lowest BCUT2D eigenvalue weighted by atomic mass is 9.93. The van der Waals surface area contributed by atoms with Gasteiger partial charge in [0.2, 0.25) is 0 Å². The predicted octanol–water partition coefficient (Wildman–Crippen LogP) is 4.60. The van der Waals surface area contributed by atoms with Crippen molar-refractivity contribution in [3.8, 4) is 5.75 Å². The van der Waals surface area contributed by atoms with Crippen LogP contribution in [0.5, 0.6) is 5.75 Å². The summed E-state index contributed by atoms with van der Waals surface area (Å²) in [5.41, 5.74) is 8.33. The van der Waals surface area contributed by atoms with Gasteiger partial charge >= 0.3 is 0 Å². The van der Waals surface area contributed by atoms with Crippen LogP contribution in [0.1, 0.15) is 43.2 Å². The number of benzene rings is 2. The number of nitrogens with two attached hydrogens (primary N) is 1. The molecule has 0 fully saturated rings. The number of rotatable bonds is 7. The van der Waals surface area contributed by atoms with Gasteiger partial charge in [-0.25, -0.2) is 8.78 Å². The molecule has 2 nitrogen and oxygen atoms in total. The summed E-state index contributed by atoms with van der Waals surface area (Å²) >= 11 is 0. The molecule has 1 atom stereocenters. The third-order valence-corrected chi connectivity index (χ3v) is 3.99. The topological polar surface area (TPSA) is 35.2 Å². The molecule has 4 heteroatoms. The first kappa shape index (κ1) is 17.4. The van der Waals surface area contributed by atoms with Crippen LogP contribution >= 0.6 is 0 Å². The average Bonchev–Trinajstić information content (AvgIpc) is 2.55. The van der Waals surface area contributed by atoms with Crippen LogP contribution < -0.4 is 10.5 Å². The fourth-order valence-electron chi connectivity index (χ4n) is 2.46. The maximum absolute atomic E-state index is 13.1. The Kier molecular flexibility index (Phi) is 6.11. The minimum absolute atomic E-state index is 0.182. The van der Waals surface area contributed by atoms with E-state index >= 15 is 0 Å². The Bertz CT molecular complexity index is 626. The second-order valence-corrected chi connectivity index (χ2v) is 5.97. The fourth-order valence-corrected chi connectivity index (χ4v) is 2.46. The van der Waals surface area contributed by atoms with E-state index in [1.54, 1.807) is 0 Å². The SMILES string of the molecule is CC(C)c1ccc(C(CN)CCOc2ccc(F)c(F)c2)cc1. The molecule has 0 aliphatic rings. The fraction of sp³-hybridized carbons (Fsp3) is 0.368. The Morgan fingerprint density at radius 1 is 0.957 bits per heavy atom. The van der Waals surface area contributed by atoms with Gasteiger partial charge in [0, 0.05) is 6.07 Å². The molecule has 0 amide bonds. The Hall–Kier alpha value is -1.94. The number of hydrogen-bond acceptors (Lipinski definition) is 2. The van der Waals surface area contributed by atoms with E-state index < -0.39 is 11.6 Å². The summed E-state index contributed by atoms with van der Waals surface area (Å²) < 4.78 is 31.5. The van der Waals surface area contributed by atoms with Crippen LogP contribution in [0.4, 0.5) is 8.78 Å². The molecular formula is C19H23F2NO. The van der Waals surface area contributed by atoms with Gasteiger partial charge in [0.05, 0.1) is 6.61 Å². The van der Waals surface area contributed by atoms with Gasteiger partial charge in [-0.15, -0.1) is 0 Å². The van der Waals surface area contributed by atoms with Gasteiger partial charge in [-0.05, 0) is 48.1 Å². The van der Waals surface area contributed by atoms with Crippen LogP contribution in [0.25, 0.3) is 0 Å². The average molecular weight is 319 g/mol. The molecule has 0 aliphatic heterocycles. The van der Waals surface area contributed by atoms with Gasteiger partial charge in [0.25, 0.3) is 0 Å². The molecule has 2 N–H and O–H groups in total. The largest absolute Gasteiger partial charge is 0.493 e. The van der Waals surface area contributed by atoms with E-state index in [4.69, 9.17) is 10.5 Å². The highest BCUT2D eigenvalue weighted by atomic mass is 19.2. The minimum Gasteiger partial charge on any atom is -0.493 e. The molecule has 0 aliphatic carbocycles. The summed E-state index contributed by atoms with van der Waals surface area (Å²) in [5.74, 6) is -0.766. The van der Waals surface area contributed by atoms with Crippen LogP contribution in [-0.2, 0) is 0 Å². The van der Waals surface area contributed by atoms with Crippen molar-refractivity contribution in [1.29, 1.82) is 0 Å². The maximum Gasteiger partial charge on any atom is 0.162 e. The van der Waals surface area contributed by atoms with Gasteiger partial charge in [-0.2, -0.15) is 0 Å². The van der Waals surface area contributed by atoms with E-state index in [9.17, 15) is 8.78 Å². The molecule has 0 saturated carbocycles. The standard InChI is InChI=1S/C19H23F2NO/c1-13(2)14-3-5-15(6-4-14)16(12-22)9-10-23-17-7-8-18(20)19(21)11-17/h3-8,11,13,16H,9-10,12,22H2,1-2H3. The lowest BCUT2D eigenvalue weighted by Gasteiger charge is -2.17. The second-order valence-electron chi connectivity index (χ2n) is 5.97. The Morgan fingerprint density at radius 2 is 1.61 bits per heavy atom. The first-order valence-electron chi connectivity index (χ1n) is 7.89. The highest BCUT2D eigenvalue weighted by Gasteiger charge is 2.11. The van der Waals surface area contributed by atoms with Gasteiger partial charge in [-0.3, -0.25) is 0 Å². The van der Waals surface area contributed by atoms with E-state index in [-0.39, 0.29) is 5.92 Å². The van der Waals surface area contributed by atoms with Gasteiger partial charge in [0.1, 0.15) is 5.75 Å². The Morgan fingerprint density at radius 3 is 2.17 bits per heavy atom. The van der Waals surface area contributed by atoms with Crippen LogP contribution in [0.2, 0.25) is 0 Å². The zero-order chi connectivity index (χ0) is 16.8. The third kappa shape index (κ3) is 4.76. The molecule has 0 bridgehead atoms. The van der Waals surface area contributed by atoms with Crippen molar-refractivity contribution in [3.63, 3.8) is 0 Å². The molecule has 2 rings (SSSR count). The molecule has 1 unspecified atom stereocenters. The quantitative estimate of drug-likeness (QED) is 0.809. The number of hydrogen-bond donors (Lipinski definition) is 1. The van der Waals surface area contributed by atoms with Crippen LogP contribution in [0.15, 0.2) is 42.5 Å². The Labute approximate surface area is 136 Å². The highest BCUT2D eigenvalue weighted by Crippen LogP contribution is 2.23. The van der Waals surface area contributed by atoms with E-state index in [1.807, 2.05) is 0 Å². The summed E-state index contributed by atoms with van der Waals surface area (Å²) in [6, 6.07) is 12.0. The summed E-state index contributed by atoms with van der Waals surface area (Å²) in [7, 11) is 0. The van der Waals surface area contributed by atoms with Crippen molar-refractivity contribution in [2.45, 2.75) is 32.1 Å². The Balaban J connectivity index is 1.92. The summed E-state index contributed by atoms with van der Waals surface area (Å²) in [4.78, 5) is 0. The zero-order valence-corrected chi connectivity index (χ0v) is 13.6. The van der Waals surface area contributed by atoms with E-state index in [0.717, 1.165) is 18.6 Å². The van der Waals surface area contributed by atoms with Crippen molar-refractivity contribution in [2.75, 3.05) is 13.2 Å². The lowest BCUT2D eigenvalue weighted by molar-refractivity contribution is 0.296. The highest BCUT2D eigenvalue weighted by molar-refractivity contribution is 5.27. The minimum atomic E-state index is -0.901. The first-order chi connectivity index (χ1) is 11.0. The number of halogens is 2. The second kappa shape index (κ2) is 8.06. The monoisotopic (exact) mass is 319 g/mol. The molecule has 2 aromatic rings. The smallest absolute Gasteiger partial charge is 0.162 e. The molecule has 0 aromatic heterocycles. The summed E-state index contributed by atoms with van der Waals surface area (Å²) in [5, 5.41) is 0. The van der Waals surface area contributed by atoms with Crippen LogP contribution in [0, 0.1) is 11.6 Å². The molecule has 0 radical (unpaired) electrons. The molecule has 0 heterocycles. The first-order valence-corrected chi connectivity index (χ1v) is 7.89. The molecule has 124 valence electrons. The van der Waals surface area contributed by atoms with Gasteiger partial charge in [0.15, 0.2) is 11.6 Å². The molecule has 0 spiro atoms. The van der Waals surface area contributed by atoms with Crippen LogP contribution in [-0.4, -0.2) is 13.2 Å². The normalized spacial score (nSPS) is 12.4. The molecule has 23 heavy (non-hydrogen) atoms. The summed E-state index contributed by atoms with van der Waals surface area (Å²) in [6.07, 6.45) is 0.719. The van der Waals surface area contributed by atoms with Gasteiger partial charge in [-0.1, -0.05) is 38.1 Å². The van der Waals surface area contributed by atoms with E-state index in [2.05, 4.69) is 38.1 Å². The van der Waals surface area contributed by atoms with Crippen molar-refractivity contribution in [3.05, 3.63) is 65.2 Å². The maximum atomic E-state index is 13.1. The van der Waals surface area contributed by atoms with Crippen molar-refractivity contribution in [1.82, 2.24) is 0 Å². The van der Waals surface area contributed by atoms with Crippen LogP contribution in [0.3, 0.4) is 0 Å². The summed E-state index contributed by atoms with van der Waals surface area (Å²) in [6.45, 7) is 5.23. The van der Waals surface area contributed by atoms with Crippen molar-refractivity contribution >= 4 is 0 Å². The molecule has 2 aromatic carbocycles. The molecule has 0 saturated heterocycles. The molecular weight excluding hydrogens is 296 g/mol. The zero-order valence-electron chi connectivity index (χ0n) is 13.6. The third-order valence-electron chi connectivity index (χ3n) is 3.99. The predicted molar refractivity (Wildman–Crippen MR) is 88.8 cm³/mol. The van der Waals surface area contributed by atoms with Crippen molar-refractivity contribution in [2.24, 2.45) is 5.73 Å². The van der Waals surface area contributed by atoms with E-state index in [1.165, 1.54) is 17.2 Å². The van der Waals surface area contributed by atoms with Crippen molar-refractivity contribution < 1.29 is 13.5 Å². The van der Waals surface area contributed by atoms with Gasteiger partial charge < -0.3 is 10.5 Å². The lowest BCUT2D eigenvalue weighted by Crippen LogP contribution is -2.15. The van der Waals surface area contributed by atoms with E-state index in [0.29, 0.717) is 24.8 Å². The number of ether oxygens (including phenoxy) is 1.